The van der Waals surface area contributed by atoms with Crippen molar-refractivity contribution >= 4 is 0 Å². The molecule has 0 N–H and O–H groups in total. The molecule has 0 heterocycles. The van der Waals surface area contributed by atoms with Crippen LogP contribution >= 0.6 is 0 Å². The molecule has 0 aliphatic carbocycles. The van der Waals surface area contributed by atoms with Gasteiger partial charge in [-0.15, -0.1) is 0 Å². The fraction of sp³-hybridized carbons (Fsp3) is 0.636. The molecule has 0 heteroatoms. The van der Waals surface area contributed by atoms with Crippen molar-refractivity contribution < 1.29 is 0 Å². The molecule has 0 aromatic heterocycles. The van der Waals surface area contributed by atoms with Crippen molar-refractivity contribution in [2.24, 2.45) is 5.92 Å². The van der Waals surface area contributed by atoms with Gasteiger partial charge in [0.2, 0.25) is 0 Å². The molecule has 0 aromatic carbocycles. The molecule has 0 nitrogen and oxygen atoms in total. The Morgan fingerprint density at radius 2 is 1.64 bits per heavy atom. The zero-order valence-electron chi connectivity index (χ0n) is 8.44. The molecular weight excluding hydrogens is 132 g/mol. The van der Waals surface area contributed by atoms with Gasteiger partial charge < -0.3 is 0 Å². The molecule has 0 radical (unpaired) electrons. The number of rotatable bonds is 3. The SMILES string of the molecule is CC(C)=CCC(C)C=C(C)C. The molecule has 0 aliphatic rings. The summed E-state index contributed by atoms with van der Waals surface area (Å²) >= 11 is 0. The van der Waals surface area contributed by atoms with Crippen LogP contribution in [0.1, 0.15) is 41.0 Å². The first-order valence-electron chi connectivity index (χ1n) is 4.30. The zero-order chi connectivity index (χ0) is 8.85. The maximum Gasteiger partial charge on any atom is -0.0225 e. The fourth-order valence-electron chi connectivity index (χ4n) is 1.06. The maximum absolute atomic E-state index is 2.32. The molecule has 1 unspecified atom stereocenters. The molecule has 0 spiro atoms. The minimum atomic E-state index is 0.690. The van der Waals surface area contributed by atoms with Crippen LogP contribution in [-0.2, 0) is 0 Å². The zero-order valence-corrected chi connectivity index (χ0v) is 8.44. The topological polar surface area (TPSA) is 0 Å². The van der Waals surface area contributed by atoms with E-state index in [0.717, 1.165) is 0 Å². The first-order valence-corrected chi connectivity index (χ1v) is 4.30. The van der Waals surface area contributed by atoms with E-state index in [1.807, 2.05) is 0 Å². The molecule has 0 amide bonds. The van der Waals surface area contributed by atoms with Crippen molar-refractivity contribution in [3.8, 4) is 0 Å². The average molecular weight is 152 g/mol. The predicted octanol–water partition coefficient (Wildman–Crippen LogP) is 3.95. The largest absolute Gasteiger partial charge is 0.0853 e. The van der Waals surface area contributed by atoms with E-state index in [4.69, 9.17) is 0 Å². The molecule has 0 aliphatic heterocycles. The molecule has 0 fully saturated rings. The highest BCUT2D eigenvalue weighted by molar-refractivity contribution is 5.01. The highest BCUT2D eigenvalue weighted by Crippen LogP contribution is 2.09. The number of hydrogen-bond acceptors (Lipinski definition) is 0. The van der Waals surface area contributed by atoms with Gasteiger partial charge in [-0.3, -0.25) is 0 Å². The van der Waals surface area contributed by atoms with Crippen molar-refractivity contribution in [3.63, 3.8) is 0 Å². The van der Waals surface area contributed by atoms with Crippen LogP contribution in [0.2, 0.25) is 0 Å². The molecule has 0 bridgehead atoms. The lowest BCUT2D eigenvalue weighted by atomic mass is 10.0. The van der Waals surface area contributed by atoms with Gasteiger partial charge in [-0.25, -0.2) is 0 Å². The van der Waals surface area contributed by atoms with E-state index in [2.05, 4.69) is 46.8 Å². The van der Waals surface area contributed by atoms with Crippen LogP contribution in [0, 0.1) is 5.92 Å². The van der Waals surface area contributed by atoms with Crippen LogP contribution in [0.15, 0.2) is 23.3 Å². The van der Waals surface area contributed by atoms with Crippen LogP contribution in [0.25, 0.3) is 0 Å². The van der Waals surface area contributed by atoms with Crippen molar-refractivity contribution in [3.05, 3.63) is 23.3 Å². The Morgan fingerprint density at radius 1 is 1.09 bits per heavy atom. The predicted molar refractivity (Wildman–Crippen MR) is 52.6 cm³/mol. The van der Waals surface area contributed by atoms with Crippen molar-refractivity contribution in [1.29, 1.82) is 0 Å². The maximum atomic E-state index is 2.32. The Morgan fingerprint density at radius 3 is 2.00 bits per heavy atom. The third-order valence-electron chi connectivity index (χ3n) is 1.52. The van der Waals surface area contributed by atoms with Gasteiger partial charge in [0.1, 0.15) is 0 Å². The van der Waals surface area contributed by atoms with Gasteiger partial charge in [0.15, 0.2) is 0 Å². The van der Waals surface area contributed by atoms with E-state index in [1.165, 1.54) is 17.6 Å². The monoisotopic (exact) mass is 152 g/mol. The Bertz CT molecular complexity index is 153. The highest BCUT2D eigenvalue weighted by atomic mass is 14.0. The first kappa shape index (κ1) is 10.5. The van der Waals surface area contributed by atoms with Crippen LogP contribution in [-0.4, -0.2) is 0 Å². The van der Waals surface area contributed by atoms with Gasteiger partial charge in [-0.05, 0) is 40.0 Å². The third kappa shape index (κ3) is 7.38. The van der Waals surface area contributed by atoms with Gasteiger partial charge in [0.25, 0.3) is 0 Å². The molecule has 0 saturated carbocycles. The summed E-state index contributed by atoms with van der Waals surface area (Å²) in [5.41, 5.74) is 2.83. The second kappa shape index (κ2) is 5.17. The normalized spacial score (nSPS) is 12.1. The Labute approximate surface area is 71.0 Å². The lowest BCUT2D eigenvalue weighted by Gasteiger charge is -2.02. The number of hydrogen-bond donors (Lipinski definition) is 0. The average Bonchev–Trinajstić information content (AvgIpc) is 1.82. The van der Waals surface area contributed by atoms with Crippen LogP contribution in [0.3, 0.4) is 0 Å². The lowest BCUT2D eigenvalue weighted by Crippen LogP contribution is -1.87. The van der Waals surface area contributed by atoms with E-state index in [9.17, 15) is 0 Å². The van der Waals surface area contributed by atoms with Crippen LogP contribution in [0.5, 0.6) is 0 Å². The summed E-state index contributed by atoms with van der Waals surface area (Å²) in [6, 6.07) is 0. The molecule has 0 rings (SSSR count). The van der Waals surface area contributed by atoms with E-state index in [-0.39, 0.29) is 0 Å². The Balaban J connectivity index is 3.80. The molecule has 0 saturated heterocycles. The smallest absolute Gasteiger partial charge is 0.0225 e. The van der Waals surface area contributed by atoms with Gasteiger partial charge in [0.05, 0.1) is 0 Å². The summed E-state index contributed by atoms with van der Waals surface area (Å²) in [6.07, 6.45) is 5.79. The molecule has 0 aromatic rings. The molecule has 1 atom stereocenters. The summed E-state index contributed by atoms with van der Waals surface area (Å²) in [5.74, 6) is 0.690. The Kier molecular flexibility index (Phi) is 4.93. The summed E-state index contributed by atoms with van der Waals surface area (Å²) in [6.45, 7) is 10.9. The standard InChI is InChI=1S/C11H20/c1-9(2)6-7-11(5)8-10(3)4/h6,8,11H,7H2,1-5H3. The van der Waals surface area contributed by atoms with Crippen molar-refractivity contribution in [2.75, 3.05) is 0 Å². The van der Waals surface area contributed by atoms with Crippen LogP contribution < -0.4 is 0 Å². The summed E-state index contributed by atoms with van der Waals surface area (Å²) in [4.78, 5) is 0. The van der Waals surface area contributed by atoms with E-state index >= 15 is 0 Å². The molecule has 64 valence electrons. The Hall–Kier alpha value is -0.520. The third-order valence-corrected chi connectivity index (χ3v) is 1.52. The van der Waals surface area contributed by atoms with E-state index in [1.54, 1.807) is 0 Å². The fourth-order valence-corrected chi connectivity index (χ4v) is 1.06. The summed E-state index contributed by atoms with van der Waals surface area (Å²) in [7, 11) is 0. The highest BCUT2D eigenvalue weighted by Gasteiger charge is 1.93. The second-order valence-electron chi connectivity index (χ2n) is 3.74. The first-order chi connectivity index (χ1) is 5.02. The van der Waals surface area contributed by atoms with Gasteiger partial charge in [0, 0.05) is 0 Å². The number of allylic oxidation sites excluding steroid dienone is 4. The molecular formula is C11H20. The van der Waals surface area contributed by atoms with E-state index in [0.29, 0.717) is 5.92 Å². The minimum absolute atomic E-state index is 0.690. The lowest BCUT2D eigenvalue weighted by molar-refractivity contribution is 0.734. The van der Waals surface area contributed by atoms with Gasteiger partial charge in [-0.2, -0.15) is 0 Å². The van der Waals surface area contributed by atoms with Gasteiger partial charge in [-0.1, -0.05) is 30.2 Å². The molecule has 11 heavy (non-hydrogen) atoms. The van der Waals surface area contributed by atoms with Crippen molar-refractivity contribution in [1.82, 2.24) is 0 Å². The van der Waals surface area contributed by atoms with Gasteiger partial charge >= 0.3 is 0 Å². The minimum Gasteiger partial charge on any atom is -0.0853 e. The van der Waals surface area contributed by atoms with E-state index < -0.39 is 0 Å². The quantitative estimate of drug-likeness (QED) is 0.537. The second-order valence-corrected chi connectivity index (χ2v) is 3.74. The summed E-state index contributed by atoms with van der Waals surface area (Å²) in [5, 5.41) is 0. The van der Waals surface area contributed by atoms with Crippen LogP contribution in [0.4, 0.5) is 0 Å². The van der Waals surface area contributed by atoms with Crippen molar-refractivity contribution in [2.45, 2.75) is 41.0 Å². The summed E-state index contributed by atoms with van der Waals surface area (Å²) < 4.78 is 0.